The number of benzene rings is 2. The summed E-state index contributed by atoms with van der Waals surface area (Å²) in [5.74, 6) is 0.167. The lowest BCUT2D eigenvalue weighted by atomic mass is 10.1. The number of nitrogens with one attached hydrogen (secondary N) is 1. The van der Waals surface area contributed by atoms with E-state index in [2.05, 4.69) is 10.1 Å². The molecule has 8 heteroatoms. The molecule has 0 saturated carbocycles. The second-order valence-electron chi connectivity index (χ2n) is 7.09. The minimum atomic E-state index is -1.23. The van der Waals surface area contributed by atoms with Gasteiger partial charge in [0.1, 0.15) is 11.1 Å². The zero-order chi connectivity index (χ0) is 21.0. The number of aromatic nitrogens is 4. The van der Waals surface area contributed by atoms with Gasteiger partial charge in [0.25, 0.3) is 5.56 Å². The first-order valence-electron chi connectivity index (χ1n) is 9.36. The fourth-order valence-corrected chi connectivity index (χ4v) is 4.44. The van der Waals surface area contributed by atoms with Gasteiger partial charge in [-0.25, -0.2) is 14.5 Å². The van der Waals surface area contributed by atoms with Crippen LogP contribution in [0.3, 0.4) is 0 Å². The lowest BCUT2D eigenvalue weighted by molar-refractivity contribution is 0.616. The summed E-state index contributed by atoms with van der Waals surface area (Å²) < 4.78 is 19.3. The zero-order valence-corrected chi connectivity index (χ0v) is 17.4. The predicted octanol–water partition coefficient (Wildman–Crippen LogP) is 3.85. The molecule has 0 bridgehead atoms. The van der Waals surface area contributed by atoms with E-state index in [0.29, 0.717) is 27.3 Å². The van der Waals surface area contributed by atoms with Gasteiger partial charge < -0.3 is 4.42 Å². The molecule has 0 fully saturated rings. The van der Waals surface area contributed by atoms with Gasteiger partial charge in [-0.1, -0.05) is 36.4 Å². The van der Waals surface area contributed by atoms with Crippen molar-refractivity contribution in [1.29, 1.82) is 0 Å². The van der Waals surface area contributed by atoms with Crippen molar-refractivity contribution in [1.82, 2.24) is 19.6 Å². The third-order valence-corrected chi connectivity index (χ3v) is 6.06. The maximum absolute atomic E-state index is 13.4. The van der Waals surface area contributed by atoms with Crippen molar-refractivity contribution in [2.75, 3.05) is 6.26 Å². The molecule has 5 rings (SSSR count). The molecule has 0 radical (unpaired) electrons. The Balaban J connectivity index is 1.78. The van der Waals surface area contributed by atoms with Crippen molar-refractivity contribution in [2.45, 2.75) is 18.7 Å². The Labute approximate surface area is 173 Å². The maximum Gasteiger partial charge on any atom is 0.285 e. The average molecular weight is 418 g/mol. The highest BCUT2D eigenvalue weighted by atomic mass is 32.2. The Bertz CT molecular complexity index is 1510. The molecule has 0 aliphatic carbocycles. The molecule has 3 aromatic heterocycles. The summed E-state index contributed by atoms with van der Waals surface area (Å²) in [7, 11) is -1.23. The van der Waals surface area contributed by atoms with Gasteiger partial charge in [0.05, 0.1) is 21.4 Å². The highest BCUT2D eigenvalue weighted by molar-refractivity contribution is 7.84. The van der Waals surface area contributed by atoms with Gasteiger partial charge in [-0.15, -0.1) is 0 Å². The van der Waals surface area contributed by atoms with Crippen molar-refractivity contribution >= 4 is 27.5 Å². The van der Waals surface area contributed by atoms with Crippen LogP contribution in [0.4, 0.5) is 0 Å². The molecule has 1 N–H and O–H groups in total. The SMILES string of the molecule is Cc1nc2c(-c3ccccc3)c(C)[nH]n2c(=O)c1-c1nc2c(S(C)=O)cccc2o1. The van der Waals surface area contributed by atoms with Gasteiger partial charge >= 0.3 is 0 Å². The van der Waals surface area contributed by atoms with Crippen LogP contribution >= 0.6 is 0 Å². The van der Waals surface area contributed by atoms with Crippen LogP contribution in [0.2, 0.25) is 0 Å². The van der Waals surface area contributed by atoms with E-state index in [1.54, 1.807) is 31.4 Å². The molecular weight excluding hydrogens is 400 g/mol. The smallest absolute Gasteiger partial charge is 0.285 e. The van der Waals surface area contributed by atoms with Crippen LogP contribution in [0.1, 0.15) is 11.4 Å². The number of hydrogen-bond donors (Lipinski definition) is 1. The Kier molecular flexibility index (Phi) is 4.18. The first kappa shape index (κ1) is 18.5. The average Bonchev–Trinajstić information content (AvgIpc) is 3.29. The van der Waals surface area contributed by atoms with Crippen LogP contribution in [0.5, 0.6) is 0 Å². The van der Waals surface area contributed by atoms with Gasteiger partial charge in [-0.05, 0) is 31.5 Å². The number of oxazole rings is 1. The fraction of sp³-hybridized carbons (Fsp3) is 0.136. The number of fused-ring (bicyclic) bond motifs is 2. The molecule has 0 saturated heterocycles. The van der Waals surface area contributed by atoms with E-state index in [0.717, 1.165) is 16.8 Å². The Morgan fingerprint density at radius 3 is 2.50 bits per heavy atom. The Morgan fingerprint density at radius 1 is 1.00 bits per heavy atom. The first-order chi connectivity index (χ1) is 14.5. The molecule has 3 heterocycles. The first-order valence-corrected chi connectivity index (χ1v) is 10.9. The fourth-order valence-electron chi connectivity index (χ4n) is 3.75. The zero-order valence-electron chi connectivity index (χ0n) is 16.6. The number of rotatable bonds is 3. The standard InChI is InChI=1S/C22H18N4O3S/c1-12-18(21-24-19-15(29-21)10-7-11-16(19)30(3)28)22(27)26-20(23-12)17(13(2)25-26)14-8-5-4-6-9-14/h4-11,25H,1-3H3. The summed E-state index contributed by atoms with van der Waals surface area (Å²) in [4.78, 5) is 23.1. The van der Waals surface area contributed by atoms with E-state index in [1.165, 1.54) is 4.52 Å². The number of nitrogens with zero attached hydrogens (tertiary/aromatic N) is 3. The molecule has 0 aliphatic heterocycles. The summed E-state index contributed by atoms with van der Waals surface area (Å²) >= 11 is 0. The van der Waals surface area contributed by atoms with Crippen LogP contribution < -0.4 is 5.56 Å². The van der Waals surface area contributed by atoms with E-state index in [9.17, 15) is 9.00 Å². The monoisotopic (exact) mass is 418 g/mol. The maximum atomic E-state index is 13.4. The summed E-state index contributed by atoms with van der Waals surface area (Å²) in [5.41, 5.74) is 4.71. The predicted molar refractivity (Wildman–Crippen MR) is 116 cm³/mol. The second kappa shape index (κ2) is 6.77. The van der Waals surface area contributed by atoms with Crippen molar-refractivity contribution in [2.24, 2.45) is 0 Å². The van der Waals surface area contributed by atoms with Crippen LogP contribution in [0, 0.1) is 13.8 Å². The number of hydrogen-bond acceptors (Lipinski definition) is 5. The molecule has 30 heavy (non-hydrogen) atoms. The van der Waals surface area contributed by atoms with Gasteiger partial charge in [-0.2, -0.15) is 0 Å². The van der Waals surface area contributed by atoms with E-state index in [-0.39, 0.29) is 17.0 Å². The van der Waals surface area contributed by atoms with Crippen molar-refractivity contribution < 1.29 is 8.63 Å². The summed E-state index contributed by atoms with van der Waals surface area (Å²) in [6.45, 7) is 3.68. The Morgan fingerprint density at radius 2 is 1.77 bits per heavy atom. The third-order valence-electron chi connectivity index (χ3n) is 5.11. The molecule has 5 aromatic rings. The van der Waals surface area contributed by atoms with Gasteiger partial charge in [0, 0.05) is 17.5 Å². The summed E-state index contributed by atoms with van der Waals surface area (Å²) in [5, 5.41) is 3.12. The molecule has 0 spiro atoms. The Hall–Kier alpha value is -3.52. The van der Waals surface area contributed by atoms with Crippen LogP contribution in [-0.4, -0.2) is 30.0 Å². The lowest BCUT2D eigenvalue weighted by Crippen LogP contribution is -2.19. The number of aromatic amines is 1. The molecule has 7 nitrogen and oxygen atoms in total. The largest absolute Gasteiger partial charge is 0.436 e. The number of aryl methyl sites for hydroxylation is 2. The lowest BCUT2D eigenvalue weighted by Gasteiger charge is -2.04. The van der Waals surface area contributed by atoms with E-state index >= 15 is 0 Å². The van der Waals surface area contributed by atoms with Gasteiger partial charge in [-0.3, -0.25) is 14.1 Å². The van der Waals surface area contributed by atoms with Gasteiger partial charge in [0.2, 0.25) is 5.89 Å². The summed E-state index contributed by atoms with van der Waals surface area (Å²) in [6, 6.07) is 15.1. The minimum Gasteiger partial charge on any atom is -0.436 e. The quantitative estimate of drug-likeness (QED) is 0.480. The molecule has 1 unspecified atom stereocenters. The van der Waals surface area contributed by atoms with E-state index < -0.39 is 10.8 Å². The third kappa shape index (κ3) is 2.72. The van der Waals surface area contributed by atoms with Crippen molar-refractivity contribution in [3.63, 3.8) is 0 Å². The number of para-hydroxylation sites is 1. The van der Waals surface area contributed by atoms with Crippen molar-refractivity contribution in [3.05, 3.63) is 70.3 Å². The molecule has 1 atom stereocenters. The van der Waals surface area contributed by atoms with Crippen LogP contribution in [0.15, 0.2) is 62.6 Å². The number of H-pyrrole nitrogens is 1. The molecule has 0 amide bonds. The van der Waals surface area contributed by atoms with Crippen LogP contribution in [-0.2, 0) is 10.8 Å². The second-order valence-corrected chi connectivity index (χ2v) is 8.44. The van der Waals surface area contributed by atoms with E-state index in [4.69, 9.17) is 9.40 Å². The summed E-state index contributed by atoms with van der Waals surface area (Å²) in [6.07, 6.45) is 1.59. The van der Waals surface area contributed by atoms with Crippen LogP contribution in [0.25, 0.3) is 39.3 Å². The normalized spacial score (nSPS) is 12.6. The highest BCUT2D eigenvalue weighted by Gasteiger charge is 2.22. The molecular formula is C22H18N4O3S. The topological polar surface area (TPSA) is 93.3 Å². The molecule has 0 aliphatic rings. The molecule has 2 aromatic carbocycles. The van der Waals surface area contributed by atoms with Crippen molar-refractivity contribution in [3.8, 4) is 22.6 Å². The van der Waals surface area contributed by atoms with Gasteiger partial charge in [0.15, 0.2) is 11.2 Å². The highest BCUT2D eigenvalue weighted by Crippen LogP contribution is 2.30. The molecule has 150 valence electrons. The minimum absolute atomic E-state index is 0.167. The van der Waals surface area contributed by atoms with E-state index in [1.807, 2.05) is 37.3 Å².